The molecule has 0 radical (unpaired) electrons. The number of Topliss-reactive ketones (excluding diaryl/α,β-unsaturated/α-hetero) is 1. The highest BCUT2D eigenvalue weighted by molar-refractivity contribution is 6.31. The molecule has 1 aliphatic heterocycles. The standard InChI is InChI=1S/C22H16ClNO3/c23-17-10-11-19-18(12-17)22(27,21(26)24-19)13-20(25)16-8-6-15(7-9-16)14-4-2-1-3-5-14/h1-12,27H,13H2,(H,24,26)/t22-/m1/s1. The van der Waals surface area contributed by atoms with Gasteiger partial charge in [-0.1, -0.05) is 66.2 Å². The van der Waals surface area contributed by atoms with Gasteiger partial charge in [0.25, 0.3) is 5.91 Å². The van der Waals surface area contributed by atoms with E-state index in [1.165, 1.54) is 6.07 Å². The smallest absolute Gasteiger partial charge is 0.261 e. The third kappa shape index (κ3) is 3.14. The Balaban J connectivity index is 1.59. The molecule has 0 saturated carbocycles. The van der Waals surface area contributed by atoms with Crippen LogP contribution in [-0.4, -0.2) is 16.8 Å². The van der Waals surface area contributed by atoms with Gasteiger partial charge in [0.15, 0.2) is 11.4 Å². The lowest BCUT2D eigenvalue weighted by molar-refractivity contribution is -0.133. The predicted octanol–water partition coefficient (Wildman–Crippen LogP) is 4.42. The summed E-state index contributed by atoms with van der Waals surface area (Å²) in [5, 5.41) is 13.9. The van der Waals surface area contributed by atoms with Gasteiger partial charge in [-0.2, -0.15) is 0 Å². The number of anilines is 1. The predicted molar refractivity (Wildman–Crippen MR) is 105 cm³/mol. The maximum atomic E-state index is 12.7. The van der Waals surface area contributed by atoms with Crippen LogP contribution in [0, 0.1) is 0 Å². The van der Waals surface area contributed by atoms with Crippen LogP contribution in [0.2, 0.25) is 5.02 Å². The first-order chi connectivity index (χ1) is 13.0. The number of fused-ring (bicyclic) bond motifs is 1. The average Bonchev–Trinajstić information content (AvgIpc) is 2.93. The molecule has 4 nitrogen and oxygen atoms in total. The Morgan fingerprint density at radius 2 is 1.63 bits per heavy atom. The van der Waals surface area contributed by atoms with E-state index in [9.17, 15) is 14.7 Å². The van der Waals surface area contributed by atoms with Crippen LogP contribution in [0.1, 0.15) is 22.3 Å². The number of hydrogen-bond donors (Lipinski definition) is 2. The molecule has 2 N–H and O–H groups in total. The minimum Gasteiger partial charge on any atom is -0.375 e. The van der Waals surface area contributed by atoms with Crippen LogP contribution in [-0.2, 0) is 10.4 Å². The van der Waals surface area contributed by atoms with Crippen LogP contribution < -0.4 is 5.32 Å². The van der Waals surface area contributed by atoms with E-state index in [0.29, 0.717) is 21.8 Å². The number of aliphatic hydroxyl groups is 1. The van der Waals surface area contributed by atoms with Crippen molar-refractivity contribution in [1.29, 1.82) is 0 Å². The average molecular weight is 378 g/mol. The summed E-state index contributed by atoms with van der Waals surface area (Å²) in [6.07, 6.45) is -0.350. The summed E-state index contributed by atoms with van der Waals surface area (Å²) in [7, 11) is 0. The number of ketones is 1. The third-order valence-electron chi connectivity index (χ3n) is 4.78. The number of benzene rings is 3. The van der Waals surface area contributed by atoms with Gasteiger partial charge in [-0.3, -0.25) is 9.59 Å². The van der Waals surface area contributed by atoms with Gasteiger partial charge in [0.1, 0.15) is 0 Å². The Kier molecular flexibility index (Phi) is 4.30. The molecule has 1 aliphatic rings. The van der Waals surface area contributed by atoms with Crippen molar-refractivity contribution in [3.63, 3.8) is 0 Å². The summed E-state index contributed by atoms with van der Waals surface area (Å²) in [6, 6.07) is 21.7. The topological polar surface area (TPSA) is 66.4 Å². The molecular formula is C22H16ClNO3. The van der Waals surface area contributed by atoms with Gasteiger partial charge in [-0.25, -0.2) is 0 Å². The lowest BCUT2D eigenvalue weighted by Crippen LogP contribution is -2.36. The molecule has 0 aliphatic carbocycles. The van der Waals surface area contributed by atoms with Gasteiger partial charge in [0.05, 0.1) is 6.42 Å². The van der Waals surface area contributed by atoms with E-state index in [1.807, 2.05) is 42.5 Å². The zero-order valence-electron chi connectivity index (χ0n) is 14.3. The molecule has 134 valence electrons. The molecule has 0 fully saturated rings. The van der Waals surface area contributed by atoms with Crippen LogP contribution >= 0.6 is 11.6 Å². The van der Waals surface area contributed by atoms with E-state index in [2.05, 4.69) is 5.32 Å². The molecule has 1 amide bonds. The molecule has 0 unspecified atom stereocenters. The number of carbonyl (C=O) groups is 2. The minimum absolute atomic E-state index is 0.319. The van der Waals surface area contributed by atoms with Crippen molar-refractivity contribution < 1.29 is 14.7 Å². The minimum atomic E-state index is -1.92. The van der Waals surface area contributed by atoms with Crippen LogP contribution in [0.25, 0.3) is 11.1 Å². The largest absolute Gasteiger partial charge is 0.375 e. The second-order valence-corrected chi connectivity index (χ2v) is 6.98. The van der Waals surface area contributed by atoms with Gasteiger partial charge in [0.2, 0.25) is 0 Å². The zero-order valence-corrected chi connectivity index (χ0v) is 15.0. The maximum absolute atomic E-state index is 12.7. The molecule has 0 saturated heterocycles. The van der Waals surface area contributed by atoms with Crippen molar-refractivity contribution in [3.8, 4) is 11.1 Å². The molecule has 1 atom stereocenters. The maximum Gasteiger partial charge on any atom is 0.261 e. The van der Waals surface area contributed by atoms with E-state index < -0.39 is 11.5 Å². The molecule has 3 aromatic rings. The fourth-order valence-corrected chi connectivity index (χ4v) is 3.48. The molecule has 0 bridgehead atoms. The Morgan fingerprint density at radius 3 is 2.33 bits per heavy atom. The number of halogens is 1. The molecule has 5 heteroatoms. The summed E-state index contributed by atoms with van der Waals surface area (Å²) in [6.45, 7) is 0. The van der Waals surface area contributed by atoms with E-state index >= 15 is 0 Å². The van der Waals surface area contributed by atoms with Gasteiger partial charge in [0, 0.05) is 21.8 Å². The number of amides is 1. The molecule has 27 heavy (non-hydrogen) atoms. The van der Waals surface area contributed by atoms with Crippen molar-refractivity contribution in [2.75, 3.05) is 5.32 Å². The Labute approximate surface area is 161 Å². The van der Waals surface area contributed by atoms with Crippen LogP contribution in [0.5, 0.6) is 0 Å². The van der Waals surface area contributed by atoms with E-state index in [-0.39, 0.29) is 12.2 Å². The normalized spacial score (nSPS) is 18.1. The monoisotopic (exact) mass is 377 g/mol. The van der Waals surface area contributed by atoms with Crippen molar-refractivity contribution in [1.82, 2.24) is 0 Å². The zero-order chi connectivity index (χ0) is 19.0. The van der Waals surface area contributed by atoms with E-state index in [1.54, 1.807) is 24.3 Å². The molecule has 0 aromatic heterocycles. The lowest BCUT2D eigenvalue weighted by Gasteiger charge is -2.20. The first-order valence-corrected chi connectivity index (χ1v) is 8.88. The van der Waals surface area contributed by atoms with Gasteiger partial charge >= 0.3 is 0 Å². The number of nitrogens with one attached hydrogen (secondary N) is 1. The highest BCUT2D eigenvalue weighted by Gasteiger charge is 2.46. The second-order valence-electron chi connectivity index (χ2n) is 6.55. The van der Waals surface area contributed by atoms with Crippen LogP contribution in [0.4, 0.5) is 5.69 Å². The van der Waals surface area contributed by atoms with Crippen molar-refractivity contribution in [2.45, 2.75) is 12.0 Å². The second kappa shape index (κ2) is 6.65. The van der Waals surface area contributed by atoms with Crippen molar-refractivity contribution in [3.05, 3.63) is 88.9 Å². The summed E-state index contributed by atoms with van der Waals surface area (Å²) >= 11 is 5.99. The van der Waals surface area contributed by atoms with Crippen LogP contribution in [0.3, 0.4) is 0 Å². The molecule has 4 rings (SSSR count). The quantitative estimate of drug-likeness (QED) is 0.661. The highest BCUT2D eigenvalue weighted by atomic mass is 35.5. The summed E-state index contributed by atoms with van der Waals surface area (Å²) < 4.78 is 0. The fourth-order valence-electron chi connectivity index (χ4n) is 3.30. The first-order valence-electron chi connectivity index (χ1n) is 8.50. The SMILES string of the molecule is O=C(C[C@]1(O)C(=O)Nc2ccc(Cl)cc21)c1ccc(-c2ccccc2)cc1. The van der Waals surface area contributed by atoms with Gasteiger partial charge < -0.3 is 10.4 Å². The molecule has 1 heterocycles. The van der Waals surface area contributed by atoms with Gasteiger partial charge in [-0.15, -0.1) is 0 Å². The number of rotatable bonds is 4. The number of carbonyl (C=O) groups excluding carboxylic acids is 2. The van der Waals surface area contributed by atoms with Crippen molar-refractivity contribution in [2.24, 2.45) is 0 Å². The Bertz CT molecular complexity index is 1030. The highest BCUT2D eigenvalue weighted by Crippen LogP contribution is 2.40. The third-order valence-corrected chi connectivity index (χ3v) is 5.02. The molecule has 0 spiro atoms. The van der Waals surface area contributed by atoms with E-state index in [0.717, 1.165) is 11.1 Å². The Morgan fingerprint density at radius 1 is 0.963 bits per heavy atom. The van der Waals surface area contributed by atoms with E-state index in [4.69, 9.17) is 11.6 Å². The lowest BCUT2D eigenvalue weighted by atomic mass is 9.88. The summed E-state index contributed by atoms with van der Waals surface area (Å²) in [5.41, 5.74) is 1.35. The molecular weight excluding hydrogens is 362 g/mol. The van der Waals surface area contributed by atoms with Crippen LogP contribution in [0.15, 0.2) is 72.8 Å². The number of hydrogen-bond acceptors (Lipinski definition) is 3. The van der Waals surface area contributed by atoms with Gasteiger partial charge in [-0.05, 0) is 29.3 Å². The summed E-state index contributed by atoms with van der Waals surface area (Å²) in [4.78, 5) is 25.0. The Hall–Kier alpha value is -2.95. The first kappa shape index (κ1) is 17.5. The summed E-state index contributed by atoms with van der Waals surface area (Å²) in [5.74, 6) is -0.936. The van der Waals surface area contributed by atoms with Crippen molar-refractivity contribution >= 4 is 29.0 Å². The fraction of sp³-hybridized carbons (Fsp3) is 0.0909. The molecule has 3 aromatic carbocycles.